The summed E-state index contributed by atoms with van der Waals surface area (Å²) in [5.41, 5.74) is 0.793. The molecule has 0 aliphatic carbocycles. The highest BCUT2D eigenvalue weighted by molar-refractivity contribution is 6.69. The molecule has 6 nitrogen and oxygen atoms in total. The Labute approximate surface area is 124 Å². The van der Waals surface area contributed by atoms with Gasteiger partial charge in [0.2, 0.25) is 0 Å². The molecule has 0 heterocycles. The number of esters is 1. The standard InChI is InChI=1S/C14H19NO5Si/c1-10(14(16)19-2)13(20-21(3,4)5)11-6-8-12(9-7-11)15(17)18/h6-9,13H,1H2,2-5H3. The van der Waals surface area contributed by atoms with Gasteiger partial charge in [0.25, 0.3) is 5.69 Å². The highest BCUT2D eigenvalue weighted by Gasteiger charge is 2.28. The van der Waals surface area contributed by atoms with Crippen LogP contribution in [0.15, 0.2) is 36.4 Å². The number of methoxy groups -OCH3 is 1. The molecule has 0 bridgehead atoms. The summed E-state index contributed by atoms with van der Waals surface area (Å²) < 4.78 is 10.7. The van der Waals surface area contributed by atoms with Crippen molar-refractivity contribution in [2.45, 2.75) is 25.7 Å². The van der Waals surface area contributed by atoms with Gasteiger partial charge >= 0.3 is 5.97 Å². The van der Waals surface area contributed by atoms with Gasteiger partial charge in [0.05, 0.1) is 17.6 Å². The molecule has 1 unspecified atom stereocenters. The molecule has 0 aliphatic rings. The number of benzene rings is 1. The van der Waals surface area contributed by atoms with Crippen molar-refractivity contribution in [3.05, 3.63) is 52.1 Å². The van der Waals surface area contributed by atoms with Crippen molar-refractivity contribution in [3.8, 4) is 0 Å². The zero-order valence-electron chi connectivity index (χ0n) is 12.6. The molecule has 0 amide bonds. The molecule has 1 rings (SSSR count). The summed E-state index contributed by atoms with van der Waals surface area (Å²) in [5, 5.41) is 10.7. The highest BCUT2D eigenvalue weighted by atomic mass is 28.4. The largest absolute Gasteiger partial charge is 0.466 e. The summed E-state index contributed by atoms with van der Waals surface area (Å²) in [6, 6.07) is 5.88. The fraction of sp³-hybridized carbons (Fsp3) is 0.357. The number of hydrogen-bond acceptors (Lipinski definition) is 5. The van der Waals surface area contributed by atoms with E-state index in [0.29, 0.717) is 5.56 Å². The summed E-state index contributed by atoms with van der Waals surface area (Å²) in [5.74, 6) is -0.559. The second-order valence-electron chi connectivity index (χ2n) is 5.48. The van der Waals surface area contributed by atoms with E-state index in [1.165, 1.54) is 19.2 Å². The van der Waals surface area contributed by atoms with Crippen LogP contribution in [0.25, 0.3) is 0 Å². The van der Waals surface area contributed by atoms with E-state index in [2.05, 4.69) is 11.3 Å². The number of nitro groups is 1. The van der Waals surface area contributed by atoms with E-state index in [1.54, 1.807) is 12.1 Å². The van der Waals surface area contributed by atoms with Crippen LogP contribution in [0.3, 0.4) is 0 Å². The van der Waals surface area contributed by atoms with E-state index in [0.717, 1.165) is 0 Å². The van der Waals surface area contributed by atoms with Gasteiger partial charge in [-0.2, -0.15) is 0 Å². The number of nitrogens with zero attached hydrogens (tertiary/aromatic N) is 1. The lowest BCUT2D eigenvalue weighted by molar-refractivity contribution is -0.384. The van der Waals surface area contributed by atoms with Gasteiger partial charge in [-0.25, -0.2) is 4.79 Å². The molecule has 1 atom stereocenters. The molecule has 0 N–H and O–H groups in total. The van der Waals surface area contributed by atoms with Gasteiger partial charge in [0.15, 0.2) is 8.32 Å². The maximum atomic E-state index is 11.7. The minimum Gasteiger partial charge on any atom is -0.466 e. The topological polar surface area (TPSA) is 78.7 Å². The molecule has 0 aromatic heterocycles. The van der Waals surface area contributed by atoms with Gasteiger partial charge in [-0.05, 0) is 37.3 Å². The number of carbonyl (C=O) groups excluding carboxylic acids is 1. The second kappa shape index (κ2) is 6.64. The van der Waals surface area contributed by atoms with Crippen LogP contribution in [0.2, 0.25) is 19.6 Å². The first kappa shape index (κ1) is 17.1. The van der Waals surface area contributed by atoms with Gasteiger partial charge in [0, 0.05) is 12.1 Å². The quantitative estimate of drug-likeness (QED) is 0.265. The third kappa shape index (κ3) is 4.80. The van der Waals surface area contributed by atoms with Gasteiger partial charge < -0.3 is 9.16 Å². The number of rotatable bonds is 6. The third-order valence-electron chi connectivity index (χ3n) is 2.64. The maximum absolute atomic E-state index is 11.7. The third-order valence-corrected chi connectivity index (χ3v) is 3.58. The van der Waals surface area contributed by atoms with Crippen molar-refractivity contribution in [1.29, 1.82) is 0 Å². The zero-order valence-corrected chi connectivity index (χ0v) is 13.6. The van der Waals surface area contributed by atoms with Crippen molar-refractivity contribution >= 4 is 20.0 Å². The van der Waals surface area contributed by atoms with E-state index in [1.807, 2.05) is 19.6 Å². The smallest absolute Gasteiger partial charge is 0.336 e. The first-order chi connectivity index (χ1) is 9.65. The number of hydrogen-bond donors (Lipinski definition) is 0. The van der Waals surface area contributed by atoms with E-state index >= 15 is 0 Å². The Kier molecular flexibility index (Phi) is 5.39. The van der Waals surface area contributed by atoms with Crippen molar-refractivity contribution in [1.82, 2.24) is 0 Å². The minimum absolute atomic E-state index is 0.0193. The Hall–Kier alpha value is -1.99. The summed E-state index contributed by atoms with van der Waals surface area (Å²) in [7, 11) is -0.690. The Morgan fingerprint density at radius 2 is 1.81 bits per heavy atom. The number of nitro benzene ring substituents is 1. The van der Waals surface area contributed by atoms with Crippen LogP contribution in [0, 0.1) is 10.1 Å². The summed E-state index contributed by atoms with van der Waals surface area (Å²) >= 11 is 0. The molecule has 0 spiro atoms. The maximum Gasteiger partial charge on any atom is 0.336 e. The van der Waals surface area contributed by atoms with Gasteiger partial charge in [0.1, 0.15) is 6.10 Å². The highest BCUT2D eigenvalue weighted by Crippen LogP contribution is 2.30. The molecule has 21 heavy (non-hydrogen) atoms. The molecule has 0 saturated heterocycles. The first-order valence-corrected chi connectivity index (χ1v) is 9.76. The predicted molar refractivity (Wildman–Crippen MR) is 81.4 cm³/mol. The summed E-state index contributed by atoms with van der Waals surface area (Å²) in [6.07, 6.45) is -0.662. The number of non-ortho nitro benzene ring substituents is 1. The average molecular weight is 309 g/mol. The Morgan fingerprint density at radius 3 is 2.19 bits per heavy atom. The number of ether oxygens (including phenoxy) is 1. The fourth-order valence-corrected chi connectivity index (χ4v) is 2.69. The summed E-state index contributed by atoms with van der Waals surface area (Å²) in [6.45, 7) is 9.68. The van der Waals surface area contributed by atoms with Crippen LogP contribution in [0.1, 0.15) is 11.7 Å². The van der Waals surface area contributed by atoms with Crippen LogP contribution in [-0.4, -0.2) is 26.3 Å². The van der Waals surface area contributed by atoms with Crippen molar-refractivity contribution in [2.75, 3.05) is 7.11 Å². The minimum atomic E-state index is -1.96. The Morgan fingerprint density at radius 1 is 1.29 bits per heavy atom. The SMILES string of the molecule is C=C(C(=O)OC)C(O[Si](C)(C)C)c1ccc([N+](=O)[O-])cc1. The van der Waals surface area contributed by atoms with Gasteiger partial charge in [-0.3, -0.25) is 10.1 Å². The lowest BCUT2D eigenvalue weighted by Crippen LogP contribution is -2.30. The molecule has 114 valence electrons. The molecule has 0 aliphatic heterocycles. The van der Waals surface area contributed by atoms with Crippen LogP contribution in [-0.2, 0) is 14.0 Å². The normalized spacial score (nSPS) is 12.6. The lowest BCUT2D eigenvalue weighted by atomic mass is 10.0. The van der Waals surface area contributed by atoms with Gasteiger partial charge in [-0.1, -0.05) is 6.58 Å². The van der Waals surface area contributed by atoms with Crippen LogP contribution in [0.5, 0.6) is 0 Å². The average Bonchev–Trinajstić information content (AvgIpc) is 2.42. The Balaban J connectivity index is 3.14. The molecule has 1 aromatic rings. The van der Waals surface area contributed by atoms with E-state index in [9.17, 15) is 14.9 Å². The monoisotopic (exact) mass is 309 g/mol. The van der Waals surface area contributed by atoms with E-state index in [4.69, 9.17) is 4.43 Å². The van der Waals surface area contributed by atoms with E-state index in [-0.39, 0.29) is 11.3 Å². The first-order valence-electron chi connectivity index (χ1n) is 6.35. The van der Waals surface area contributed by atoms with Crippen LogP contribution in [0.4, 0.5) is 5.69 Å². The summed E-state index contributed by atoms with van der Waals surface area (Å²) in [4.78, 5) is 21.9. The molecule has 7 heteroatoms. The van der Waals surface area contributed by atoms with E-state index < -0.39 is 25.3 Å². The Bertz CT molecular complexity index is 547. The molecular weight excluding hydrogens is 290 g/mol. The second-order valence-corrected chi connectivity index (χ2v) is 9.94. The van der Waals surface area contributed by atoms with Crippen molar-refractivity contribution in [2.24, 2.45) is 0 Å². The van der Waals surface area contributed by atoms with Crippen LogP contribution < -0.4 is 0 Å². The predicted octanol–water partition coefficient (Wildman–Crippen LogP) is 3.22. The number of carbonyl (C=O) groups is 1. The fourth-order valence-electron chi connectivity index (χ4n) is 1.70. The van der Waals surface area contributed by atoms with Crippen molar-refractivity contribution in [3.63, 3.8) is 0 Å². The molecule has 1 aromatic carbocycles. The van der Waals surface area contributed by atoms with Crippen molar-refractivity contribution < 1.29 is 18.9 Å². The van der Waals surface area contributed by atoms with Crippen LogP contribution >= 0.6 is 0 Å². The molecular formula is C14H19NO5Si. The molecule has 0 fully saturated rings. The molecule has 0 saturated carbocycles. The molecule has 0 radical (unpaired) electrons. The lowest BCUT2D eigenvalue weighted by Gasteiger charge is -2.27. The van der Waals surface area contributed by atoms with Gasteiger partial charge in [-0.15, -0.1) is 0 Å². The zero-order chi connectivity index (χ0) is 16.2.